The van der Waals surface area contributed by atoms with Gasteiger partial charge in [-0.2, -0.15) is 0 Å². The lowest BCUT2D eigenvalue weighted by atomic mass is 9.98. The van der Waals surface area contributed by atoms with E-state index in [0.717, 1.165) is 24.2 Å². The normalized spacial score (nSPS) is 18.8. The average Bonchev–Trinajstić information content (AvgIpc) is 2.87. The first kappa shape index (κ1) is 15.9. The number of hydrogen-bond acceptors (Lipinski definition) is 5. The van der Waals surface area contributed by atoms with E-state index in [-0.39, 0.29) is 23.3 Å². The molecule has 19 heavy (non-hydrogen) atoms. The van der Waals surface area contributed by atoms with Gasteiger partial charge in [-0.1, -0.05) is 11.3 Å². The van der Waals surface area contributed by atoms with Crippen molar-refractivity contribution >= 4 is 34.7 Å². The molecular formula is C11H16ClN3O3S. The molecule has 106 valence electrons. The molecule has 0 radical (unpaired) electrons. The average molecular weight is 306 g/mol. The predicted octanol–water partition coefficient (Wildman–Crippen LogP) is 1.89. The topological polar surface area (TPSA) is 89.5 Å². The van der Waals surface area contributed by atoms with Crippen molar-refractivity contribution in [2.75, 3.05) is 19.6 Å². The van der Waals surface area contributed by atoms with Gasteiger partial charge in [-0.15, -0.1) is 12.4 Å². The van der Waals surface area contributed by atoms with Crippen LogP contribution in [-0.4, -0.2) is 35.4 Å². The van der Waals surface area contributed by atoms with Crippen molar-refractivity contribution in [2.45, 2.75) is 12.8 Å². The molecule has 1 atom stereocenters. The molecule has 0 spiro atoms. The highest BCUT2D eigenvalue weighted by molar-refractivity contribution is 7.13. The number of piperidine rings is 1. The molecule has 0 aromatic carbocycles. The monoisotopic (exact) mass is 305 g/mol. The number of nitro groups is 1. The van der Waals surface area contributed by atoms with Crippen LogP contribution in [-0.2, 0) is 0 Å². The first-order chi connectivity index (χ1) is 8.61. The van der Waals surface area contributed by atoms with Gasteiger partial charge in [0, 0.05) is 24.5 Å². The third-order valence-electron chi connectivity index (χ3n) is 3.15. The minimum Gasteiger partial charge on any atom is -0.338 e. The lowest BCUT2D eigenvalue weighted by Gasteiger charge is -2.31. The number of rotatable bonds is 3. The van der Waals surface area contributed by atoms with Crippen molar-refractivity contribution < 1.29 is 9.72 Å². The smallest absolute Gasteiger partial charge is 0.324 e. The number of halogens is 1. The van der Waals surface area contributed by atoms with Gasteiger partial charge >= 0.3 is 5.00 Å². The standard InChI is InChI=1S/C11H15N3O3S.ClH/c12-5-8-2-1-3-13(6-8)11(15)9-4-10(14(16)17)18-7-9;/h4,7-8H,1-3,5-6,12H2;1H. The maximum Gasteiger partial charge on any atom is 0.324 e. The molecule has 2 rings (SSSR count). The van der Waals surface area contributed by atoms with Crippen molar-refractivity contribution in [3.8, 4) is 0 Å². The summed E-state index contributed by atoms with van der Waals surface area (Å²) in [7, 11) is 0. The van der Waals surface area contributed by atoms with Crippen molar-refractivity contribution in [1.82, 2.24) is 4.90 Å². The Labute approximate surface area is 121 Å². The number of nitrogens with zero attached hydrogens (tertiary/aromatic N) is 2. The highest BCUT2D eigenvalue weighted by atomic mass is 35.5. The fraction of sp³-hybridized carbons (Fsp3) is 0.545. The van der Waals surface area contributed by atoms with Crippen LogP contribution < -0.4 is 5.73 Å². The van der Waals surface area contributed by atoms with Crippen LogP contribution >= 0.6 is 23.7 Å². The van der Waals surface area contributed by atoms with Crippen LogP contribution in [0.4, 0.5) is 5.00 Å². The molecule has 1 aromatic rings. The van der Waals surface area contributed by atoms with Crippen LogP contribution in [0.5, 0.6) is 0 Å². The zero-order chi connectivity index (χ0) is 13.1. The number of thiophene rings is 1. The van der Waals surface area contributed by atoms with Crippen molar-refractivity contribution in [2.24, 2.45) is 11.7 Å². The second-order valence-electron chi connectivity index (χ2n) is 4.43. The Morgan fingerprint density at radius 3 is 2.95 bits per heavy atom. The van der Waals surface area contributed by atoms with E-state index >= 15 is 0 Å². The van der Waals surface area contributed by atoms with Gasteiger partial charge in [-0.25, -0.2) is 0 Å². The van der Waals surface area contributed by atoms with Crippen LogP contribution in [0.3, 0.4) is 0 Å². The summed E-state index contributed by atoms with van der Waals surface area (Å²) in [6.45, 7) is 1.94. The van der Waals surface area contributed by atoms with E-state index in [1.165, 1.54) is 6.07 Å². The van der Waals surface area contributed by atoms with E-state index in [4.69, 9.17) is 5.73 Å². The van der Waals surface area contributed by atoms with Gasteiger partial charge in [0.15, 0.2) is 0 Å². The molecule has 1 saturated heterocycles. The molecular weight excluding hydrogens is 290 g/mol. The highest BCUT2D eigenvalue weighted by Gasteiger charge is 2.25. The number of amides is 1. The number of carbonyl (C=O) groups is 1. The maximum atomic E-state index is 12.2. The summed E-state index contributed by atoms with van der Waals surface area (Å²) in [6, 6.07) is 1.35. The van der Waals surface area contributed by atoms with Gasteiger partial charge in [0.25, 0.3) is 5.91 Å². The van der Waals surface area contributed by atoms with E-state index in [9.17, 15) is 14.9 Å². The van der Waals surface area contributed by atoms with Gasteiger partial charge in [-0.05, 0) is 25.3 Å². The second-order valence-corrected chi connectivity index (χ2v) is 5.32. The molecule has 1 aromatic heterocycles. The fourth-order valence-electron chi connectivity index (χ4n) is 2.16. The Balaban J connectivity index is 0.00000180. The fourth-order valence-corrected chi connectivity index (χ4v) is 2.85. The van der Waals surface area contributed by atoms with Crippen molar-refractivity contribution in [3.05, 3.63) is 27.1 Å². The van der Waals surface area contributed by atoms with Crippen LogP contribution in [0.2, 0.25) is 0 Å². The Bertz CT molecular complexity index is 466. The number of nitrogens with two attached hydrogens (primary N) is 1. The molecule has 0 bridgehead atoms. The van der Waals surface area contributed by atoms with Gasteiger partial charge in [0.05, 0.1) is 10.5 Å². The van der Waals surface area contributed by atoms with Crippen LogP contribution in [0.25, 0.3) is 0 Å². The van der Waals surface area contributed by atoms with Crippen molar-refractivity contribution in [3.63, 3.8) is 0 Å². The summed E-state index contributed by atoms with van der Waals surface area (Å²) < 4.78 is 0. The largest absolute Gasteiger partial charge is 0.338 e. The molecule has 0 aliphatic carbocycles. The molecule has 0 saturated carbocycles. The van der Waals surface area contributed by atoms with E-state index in [0.29, 0.717) is 31.1 Å². The molecule has 2 N–H and O–H groups in total. The number of hydrogen-bond donors (Lipinski definition) is 1. The SMILES string of the molecule is Cl.NCC1CCCN(C(=O)c2csc([N+](=O)[O-])c2)C1. The van der Waals surface area contributed by atoms with Crippen LogP contribution in [0.15, 0.2) is 11.4 Å². The molecule has 6 nitrogen and oxygen atoms in total. The van der Waals surface area contributed by atoms with E-state index in [1.54, 1.807) is 10.3 Å². The Morgan fingerprint density at radius 1 is 1.63 bits per heavy atom. The highest BCUT2D eigenvalue weighted by Crippen LogP contribution is 2.25. The molecule has 1 amide bonds. The summed E-state index contributed by atoms with van der Waals surface area (Å²) in [5.74, 6) is 0.217. The second kappa shape index (κ2) is 6.83. The predicted molar refractivity (Wildman–Crippen MR) is 75.9 cm³/mol. The first-order valence-corrected chi connectivity index (χ1v) is 6.72. The summed E-state index contributed by atoms with van der Waals surface area (Å²) >= 11 is 0.985. The van der Waals surface area contributed by atoms with Crippen LogP contribution in [0.1, 0.15) is 23.2 Å². The Hall–Kier alpha value is -1.18. The summed E-state index contributed by atoms with van der Waals surface area (Å²) in [5, 5.41) is 12.1. The van der Waals surface area contributed by atoms with Gasteiger partial charge in [0.2, 0.25) is 0 Å². The van der Waals surface area contributed by atoms with Gasteiger partial charge < -0.3 is 10.6 Å². The summed E-state index contributed by atoms with van der Waals surface area (Å²) in [5.41, 5.74) is 6.03. The molecule has 2 heterocycles. The summed E-state index contributed by atoms with van der Waals surface area (Å²) in [4.78, 5) is 24.0. The lowest BCUT2D eigenvalue weighted by molar-refractivity contribution is -0.380. The molecule has 8 heteroatoms. The summed E-state index contributed by atoms with van der Waals surface area (Å²) in [6.07, 6.45) is 1.99. The van der Waals surface area contributed by atoms with Crippen LogP contribution in [0, 0.1) is 16.0 Å². The lowest BCUT2D eigenvalue weighted by Crippen LogP contribution is -2.41. The van der Waals surface area contributed by atoms with Crippen molar-refractivity contribution in [1.29, 1.82) is 0 Å². The third-order valence-corrected chi connectivity index (χ3v) is 4.03. The quantitative estimate of drug-likeness (QED) is 0.682. The molecule has 1 aliphatic heterocycles. The van der Waals surface area contributed by atoms with Gasteiger partial charge in [0.1, 0.15) is 0 Å². The minimum absolute atomic E-state index is 0. The van der Waals surface area contributed by atoms with E-state index in [1.807, 2.05) is 0 Å². The molecule has 1 aliphatic rings. The zero-order valence-electron chi connectivity index (χ0n) is 10.3. The van der Waals surface area contributed by atoms with E-state index < -0.39 is 4.92 Å². The third kappa shape index (κ3) is 3.65. The van der Waals surface area contributed by atoms with E-state index in [2.05, 4.69) is 0 Å². The zero-order valence-corrected chi connectivity index (χ0v) is 11.9. The molecule has 1 fully saturated rings. The number of likely N-dealkylation sites (tertiary alicyclic amines) is 1. The Morgan fingerprint density at radius 2 is 2.37 bits per heavy atom. The minimum atomic E-state index is -0.472. The molecule has 1 unspecified atom stereocenters. The van der Waals surface area contributed by atoms with Gasteiger partial charge in [-0.3, -0.25) is 14.9 Å². The Kier molecular flexibility index (Phi) is 5.71. The first-order valence-electron chi connectivity index (χ1n) is 5.84. The number of carbonyl (C=O) groups excluding carboxylic acids is 1. The maximum absolute atomic E-state index is 12.2.